The lowest BCUT2D eigenvalue weighted by Gasteiger charge is -2.03. The third-order valence-electron chi connectivity index (χ3n) is 2.51. The normalized spacial score (nSPS) is 8.85. The second kappa shape index (κ2) is 8.48. The van der Waals surface area contributed by atoms with Crippen molar-refractivity contribution in [2.45, 2.75) is 6.92 Å². The SMILES string of the molecule is C=CC(=O)Oc1ccccc1C.C=Cc1ccccc1. The number of carbonyl (C=O) groups excluding carboxylic acids is 1. The van der Waals surface area contributed by atoms with Crippen LogP contribution in [-0.2, 0) is 4.79 Å². The lowest BCUT2D eigenvalue weighted by molar-refractivity contribution is -0.129. The first-order valence-corrected chi connectivity index (χ1v) is 6.24. The molecule has 2 nitrogen and oxygen atoms in total. The number of hydrogen-bond acceptors (Lipinski definition) is 2. The summed E-state index contributed by atoms with van der Waals surface area (Å²) in [6.07, 6.45) is 2.98. The number of rotatable bonds is 3. The Bertz CT molecular complexity index is 571. The molecule has 0 aliphatic heterocycles. The molecule has 0 spiro atoms. The largest absolute Gasteiger partial charge is 0.423 e. The number of esters is 1. The lowest BCUT2D eigenvalue weighted by Crippen LogP contribution is -2.03. The summed E-state index contributed by atoms with van der Waals surface area (Å²) in [6, 6.07) is 17.4. The van der Waals surface area contributed by atoms with Gasteiger partial charge in [-0.1, -0.05) is 67.8 Å². The van der Waals surface area contributed by atoms with E-state index in [2.05, 4.69) is 13.2 Å². The van der Waals surface area contributed by atoms with Crippen LogP contribution in [0.4, 0.5) is 0 Å². The maximum absolute atomic E-state index is 10.8. The van der Waals surface area contributed by atoms with Crippen LogP contribution in [0, 0.1) is 6.92 Å². The Morgan fingerprint density at radius 1 is 1.00 bits per heavy atom. The predicted molar refractivity (Wildman–Crippen MR) is 83.5 cm³/mol. The Balaban J connectivity index is 0.000000217. The van der Waals surface area contributed by atoms with Crippen molar-refractivity contribution < 1.29 is 9.53 Å². The average molecular weight is 266 g/mol. The molecule has 0 fully saturated rings. The Hall–Kier alpha value is -2.61. The molecule has 0 bridgehead atoms. The molecule has 0 saturated carbocycles. The van der Waals surface area contributed by atoms with E-state index in [1.54, 1.807) is 6.07 Å². The maximum atomic E-state index is 10.8. The highest BCUT2D eigenvalue weighted by atomic mass is 16.5. The first-order chi connectivity index (χ1) is 9.67. The summed E-state index contributed by atoms with van der Waals surface area (Å²) in [6.45, 7) is 8.82. The molecule has 0 aromatic heterocycles. The first kappa shape index (κ1) is 15.4. The van der Waals surface area contributed by atoms with Gasteiger partial charge in [0.25, 0.3) is 0 Å². The van der Waals surface area contributed by atoms with Gasteiger partial charge in [-0.25, -0.2) is 4.79 Å². The zero-order chi connectivity index (χ0) is 14.8. The average Bonchev–Trinajstić information content (AvgIpc) is 2.51. The van der Waals surface area contributed by atoms with Gasteiger partial charge in [0.2, 0.25) is 0 Å². The van der Waals surface area contributed by atoms with Crippen molar-refractivity contribution in [3.05, 3.63) is 85.0 Å². The van der Waals surface area contributed by atoms with Crippen molar-refractivity contribution in [2.75, 3.05) is 0 Å². The van der Waals surface area contributed by atoms with E-state index in [0.29, 0.717) is 5.75 Å². The minimum Gasteiger partial charge on any atom is -0.423 e. The van der Waals surface area contributed by atoms with Gasteiger partial charge in [0.1, 0.15) is 5.75 Å². The van der Waals surface area contributed by atoms with Gasteiger partial charge in [-0.15, -0.1) is 0 Å². The summed E-state index contributed by atoms with van der Waals surface area (Å²) >= 11 is 0. The standard InChI is InChI=1S/C10H10O2.C8H8/c1-3-10(11)12-9-7-5-4-6-8(9)2;1-2-8-6-4-3-5-7-8/h3-7H,1H2,2H3;2-7H,1H2. The van der Waals surface area contributed by atoms with Crippen molar-refractivity contribution in [1.29, 1.82) is 0 Å². The smallest absolute Gasteiger partial charge is 0.335 e. The van der Waals surface area contributed by atoms with Crippen LogP contribution in [-0.4, -0.2) is 5.97 Å². The molecule has 0 amide bonds. The minimum absolute atomic E-state index is 0.427. The molecule has 0 aliphatic rings. The zero-order valence-corrected chi connectivity index (χ0v) is 11.6. The van der Waals surface area contributed by atoms with Crippen LogP contribution >= 0.6 is 0 Å². The van der Waals surface area contributed by atoms with Gasteiger partial charge >= 0.3 is 5.97 Å². The topological polar surface area (TPSA) is 26.3 Å². The van der Waals surface area contributed by atoms with E-state index in [9.17, 15) is 4.79 Å². The molecule has 0 atom stereocenters. The molecule has 0 unspecified atom stereocenters. The van der Waals surface area contributed by atoms with Crippen molar-refractivity contribution in [2.24, 2.45) is 0 Å². The summed E-state index contributed by atoms with van der Waals surface area (Å²) in [7, 11) is 0. The molecular formula is C18H18O2. The molecule has 2 aromatic carbocycles. The fourth-order valence-electron chi connectivity index (χ4n) is 1.41. The van der Waals surface area contributed by atoms with Crippen LogP contribution in [0.25, 0.3) is 6.08 Å². The number of benzene rings is 2. The van der Waals surface area contributed by atoms with E-state index in [0.717, 1.165) is 11.6 Å². The van der Waals surface area contributed by atoms with Gasteiger partial charge in [-0.2, -0.15) is 0 Å². The quantitative estimate of drug-likeness (QED) is 0.467. The van der Waals surface area contributed by atoms with E-state index in [1.807, 2.05) is 61.5 Å². The number of hydrogen-bond donors (Lipinski definition) is 0. The van der Waals surface area contributed by atoms with E-state index in [-0.39, 0.29) is 0 Å². The maximum Gasteiger partial charge on any atom is 0.335 e. The van der Waals surface area contributed by atoms with Crippen LogP contribution in [0.2, 0.25) is 0 Å². The van der Waals surface area contributed by atoms with E-state index in [1.165, 1.54) is 5.56 Å². The third kappa shape index (κ3) is 5.36. The summed E-state index contributed by atoms with van der Waals surface area (Å²) in [5.74, 6) is 0.159. The lowest BCUT2D eigenvalue weighted by atomic mass is 10.2. The molecule has 0 N–H and O–H groups in total. The van der Waals surface area contributed by atoms with Crippen LogP contribution in [0.1, 0.15) is 11.1 Å². The fraction of sp³-hybridized carbons (Fsp3) is 0.0556. The van der Waals surface area contributed by atoms with Gasteiger partial charge < -0.3 is 4.74 Å². The van der Waals surface area contributed by atoms with Crippen LogP contribution in [0.5, 0.6) is 5.75 Å². The second-order valence-electron chi connectivity index (χ2n) is 4.01. The highest BCUT2D eigenvalue weighted by Gasteiger charge is 2.00. The molecule has 2 rings (SSSR count). The van der Waals surface area contributed by atoms with Crippen molar-refractivity contribution in [3.8, 4) is 5.75 Å². The van der Waals surface area contributed by atoms with Crippen molar-refractivity contribution >= 4 is 12.0 Å². The van der Waals surface area contributed by atoms with Gasteiger partial charge in [0.05, 0.1) is 0 Å². The monoisotopic (exact) mass is 266 g/mol. The van der Waals surface area contributed by atoms with E-state index < -0.39 is 5.97 Å². The van der Waals surface area contributed by atoms with Gasteiger partial charge in [-0.05, 0) is 24.1 Å². The Kier molecular flexibility index (Phi) is 6.55. The molecule has 0 heterocycles. The summed E-state index contributed by atoms with van der Waals surface area (Å²) in [5.41, 5.74) is 2.11. The molecule has 2 aromatic rings. The molecule has 20 heavy (non-hydrogen) atoms. The number of aryl methyl sites for hydroxylation is 1. The summed E-state index contributed by atoms with van der Waals surface area (Å²) in [5, 5.41) is 0. The summed E-state index contributed by atoms with van der Waals surface area (Å²) in [4.78, 5) is 10.8. The molecule has 0 aliphatic carbocycles. The Labute approximate surface area is 120 Å². The van der Waals surface area contributed by atoms with E-state index >= 15 is 0 Å². The highest BCUT2D eigenvalue weighted by Crippen LogP contribution is 2.16. The van der Waals surface area contributed by atoms with Crippen LogP contribution in [0.15, 0.2) is 73.8 Å². The summed E-state index contributed by atoms with van der Waals surface area (Å²) < 4.78 is 4.94. The second-order valence-corrected chi connectivity index (χ2v) is 4.01. The van der Waals surface area contributed by atoms with Crippen LogP contribution in [0.3, 0.4) is 0 Å². The van der Waals surface area contributed by atoms with Gasteiger partial charge in [0, 0.05) is 6.08 Å². The molecule has 102 valence electrons. The Morgan fingerprint density at radius 2 is 1.60 bits per heavy atom. The predicted octanol–water partition coefficient (Wildman–Crippen LogP) is 4.42. The third-order valence-corrected chi connectivity index (χ3v) is 2.51. The number of carbonyl (C=O) groups is 1. The Morgan fingerprint density at radius 3 is 2.10 bits per heavy atom. The minimum atomic E-state index is -0.427. The molecular weight excluding hydrogens is 248 g/mol. The first-order valence-electron chi connectivity index (χ1n) is 6.24. The van der Waals surface area contributed by atoms with Crippen LogP contribution < -0.4 is 4.74 Å². The number of para-hydroxylation sites is 1. The fourth-order valence-corrected chi connectivity index (χ4v) is 1.41. The van der Waals surface area contributed by atoms with Crippen molar-refractivity contribution in [1.82, 2.24) is 0 Å². The highest BCUT2D eigenvalue weighted by molar-refractivity contribution is 5.83. The van der Waals surface area contributed by atoms with Crippen molar-refractivity contribution in [3.63, 3.8) is 0 Å². The van der Waals surface area contributed by atoms with E-state index in [4.69, 9.17) is 4.74 Å². The van der Waals surface area contributed by atoms with Gasteiger partial charge in [0.15, 0.2) is 0 Å². The van der Waals surface area contributed by atoms with Gasteiger partial charge in [-0.3, -0.25) is 0 Å². The number of ether oxygens (including phenoxy) is 1. The molecule has 2 heteroatoms. The zero-order valence-electron chi connectivity index (χ0n) is 11.6. The molecule has 0 radical (unpaired) electrons. The molecule has 0 saturated heterocycles.